The third kappa shape index (κ3) is 3.63. The Labute approximate surface area is 140 Å². The van der Waals surface area contributed by atoms with Crippen LogP contribution in [0, 0.1) is 0 Å². The molecule has 1 amide bonds. The first-order valence-corrected chi connectivity index (χ1v) is 8.10. The van der Waals surface area contributed by atoms with Gasteiger partial charge in [-0.05, 0) is 23.9 Å². The summed E-state index contributed by atoms with van der Waals surface area (Å²) in [6, 6.07) is 11.1. The van der Waals surface area contributed by atoms with Gasteiger partial charge in [0.15, 0.2) is 6.29 Å². The smallest absolute Gasteiger partial charge is 0.254 e. The van der Waals surface area contributed by atoms with Crippen molar-refractivity contribution < 1.29 is 4.79 Å². The zero-order valence-corrected chi connectivity index (χ0v) is 13.7. The normalized spacial score (nSPS) is 18.4. The predicted molar refractivity (Wildman–Crippen MR) is 91.2 cm³/mol. The van der Waals surface area contributed by atoms with Crippen molar-refractivity contribution in [3.63, 3.8) is 0 Å². The third-order valence-electron chi connectivity index (χ3n) is 3.75. The molecular formula is C16H20ClN5O. The van der Waals surface area contributed by atoms with Crippen LogP contribution in [0.4, 0.5) is 0 Å². The number of carbonyl (C=O) groups is 1. The molecule has 2 aromatic rings. The molecule has 0 radical (unpaired) electrons. The monoisotopic (exact) mass is 333 g/mol. The fourth-order valence-corrected chi connectivity index (χ4v) is 2.78. The molecule has 1 unspecified atom stereocenters. The van der Waals surface area contributed by atoms with Gasteiger partial charge in [-0.3, -0.25) is 4.79 Å². The van der Waals surface area contributed by atoms with Gasteiger partial charge in [-0.25, -0.2) is 10.9 Å². The second-order valence-corrected chi connectivity index (χ2v) is 5.84. The predicted octanol–water partition coefficient (Wildman–Crippen LogP) is 2.14. The van der Waals surface area contributed by atoms with E-state index >= 15 is 0 Å². The molecule has 1 aliphatic rings. The topological polar surface area (TPSA) is 68.4 Å². The van der Waals surface area contributed by atoms with E-state index in [1.165, 1.54) is 0 Å². The second-order valence-electron chi connectivity index (χ2n) is 5.44. The van der Waals surface area contributed by atoms with Crippen molar-refractivity contribution in [2.24, 2.45) is 0 Å². The van der Waals surface area contributed by atoms with E-state index in [1.807, 2.05) is 35.4 Å². The van der Waals surface area contributed by atoms with Crippen molar-refractivity contribution in [3.8, 4) is 0 Å². The summed E-state index contributed by atoms with van der Waals surface area (Å²) in [6.45, 7) is 2.98. The number of nitrogens with one attached hydrogen (secondary N) is 4. The zero-order chi connectivity index (χ0) is 16.2. The molecule has 0 aromatic heterocycles. The van der Waals surface area contributed by atoms with E-state index in [9.17, 15) is 4.79 Å². The molecular weight excluding hydrogens is 314 g/mol. The first kappa shape index (κ1) is 16.2. The van der Waals surface area contributed by atoms with Crippen LogP contribution in [0.3, 0.4) is 0 Å². The van der Waals surface area contributed by atoms with Gasteiger partial charge in [0.25, 0.3) is 5.91 Å². The summed E-state index contributed by atoms with van der Waals surface area (Å²) in [6.07, 6.45) is 1.80. The molecule has 23 heavy (non-hydrogen) atoms. The summed E-state index contributed by atoms with van der Waals surface area (Å²) in [7, 11) is 0. The van der Waals surface area contributed by atoms with E-state index < -0.39 is 0 Å². The van der Waals surface area contributed by atoms with Crippen LogP contribution in [-0.2, 0) is 0 Å². The highest BCUT2D eigenvalue weighted by Gasteiger charge is 2.22. The van der Waals surface area contributed by atoms with Gasteiger partial charge in [-0.2, -0.15) is 10.7 Å². The Bertz CT molecular complexity index is 708. The Morgan fingerprint density at radius 1 is 1.26 bits per heavy atom. The molecule has 3 rings (SSSR count). The van der Waals surface area contributed by atoms with Gasteiger partial charge in [0, 0.05) is 22.5 Å². The van der Waals surface area contributed by atoms with Gasteiger partial charge >= 0.3 is 0 Å². The van der Waals surface area contributed by atoms with Crippen molar-refractivity contribution in [2.75, 3.05) is 6.54 Å². The van der Waals surface area contributed by atoms with E-state index in [-0.39, 0.29) is 12.2 Å². The van der Waals surface area contributed by atoms with Crippen LogP contribution >= 0.6 is 11.6 Å². The summed E-state index contributed by atoms with van der Waals surface area (Å²) in [5, 5.41) is 7.08. The highest BCUT2D eigenvalue weighted by Crippen LogP contribution is 2.25. The Balaban J connectivity index is 1.71. The molecule has 2 aromatic carbocycles. The maximum Gasteiger partial charge on any atom is 0.254 e. The van der Waals surface area contributed by atoms with Gasteiger partial charge in [0.2, 0.25) is 0 Å². The van der Waals surface area contributed by atoms with Gasteiger partial charge in [0.05, 0.1) is 0 Å². The summed E-state index contributed by atoms with van der Waals surface area (Å²) in [4.78, 5) is 12.6. The van der Waals surface area contributed by atoms with Crippen molar-refractivity contribution in [1.82, 2.24) is 26.8 Å². The quantitative estimate of drug-likeness (QED) is 0.675. The van der Waals surface area contributed by atoms with Crippen molar-refractivity contribution in [2.45, 2.75) is 26.1 Å². The Morgan fingerprint density at radius 2 is 2.04 bits per heavy atom. The number of nitrogens with zero attached hydrogens (tertiary/aromatic N) is 1. The van der Waals surface area contributed by atoms with Crippen LogP contribution in [0.2, 0.25) is 5.02 Å². The lowest BCUT2D eigenvalue weighted by Crippen LogP contribution is -2.50. The lowest BCUT2D eigenvalue weighted by Gasteiger charge is -2.16. The number of unbranched alkanes of at least 4 members (excludes halogenated alkanes) is 1. The average Bonchev–Trinajstić information content (AvgIpc) is 3.00. The van der Waals surface area contributed by atoms with E-state index in [4.69, 9.17) is 11.6 Å². The highest BCUT2D eigenvalue weighted by molar-refractivity contribution is 6.36. The molecule has 0 spiro atoms. The minimum absolute atomic E-state index is 0.165. The Kier molecular flexibility index (Phi) is 5.09. The van der Waals surface area contributed by atoms with E-state index in [0.29, 0.717) is 10.6 Å². The average molecular weight is 334 g/mol. The molecule has 122 valence electrons. The maximum absolute atomic E-state index is 12.6. The van der Waals surface area contributed by atoms with Crippen molar-refractivity contribution in [1.29, 1.82) is 0 Å². The molecule has 1 heterocycles. The molecule has 1 aliphatic heterocycles. The lowest BCUT2D eigenvalue weighted by molar-refractivity contribution is 0.0916. The van der Waals surface area contributed by atoms with Crippen LogP contribution in [-0.4, -0.2) is 23.9 Å². The van der Waals surface area contributed by atoms with Crippen LogP contribution in [0.15, 0.2) is 36.4 Å². The Hall–Kier alpha value is -1.70. The maximum atomic E-state index is 12.6. The number of hydrogen-bond donors (Lipinski definition) is 4. The van der Waals surface area contributed by atoms with Gasteiger partial charge < -0.3 is 5.32 Å². The van der Waals surface area contributed by atoms with Gasteiger partial charge in [-0.1, -0.05) is 49.2 Å². The summed E-state index contributed by atoms with van der Waals surface area (Å²) in [5.74, 6) is -0.165. The molecule has 1 saturated heterocycles. The van der Waals surface area contributed by atoms with Crippen LogP contribution in [0.1, 0.15) is 30.1 Å². The molecule has 6 nitrogen and oxygen atoms in total. The number of fused-ring (bicyclic) bond motifs is 1. The minimum Gasteiger partial charge on any atom is -0.322 e. The molecule has 0 bridgehead atoms. The van der Waals surface area contributed by atoms with Crippen LogP contribution < -0.4 is 21.7 Å². The molecule has 0 saturated carbocycles. The fraction of sp³-hybridized carbons (Fsp3) is 0.312. The fourth-order valence-electron chi connectivity index (χ4n) is 2.55. The molecule has 7 heteroatoms. The Morgan fingerprint density at radius 3 is 2.87 bits per heavy atom. The van der Waals surface area contributed by atoms with Crippen molar-refractivity contribution >= 4 is 28.3 Å². The SMILES string of the molecule is CCCCN1NNC(NC(=O)c2cccc3c(Cl)cccc23)N1. The van der Waals surface area contributed by atoms with Crippen LogP contribution in [0.5, 0.6) is 0 Å². The highest BCUT2D eigenvalue weighted by atomic mass is 35.5. The summed E-state index contributed by atoms with van der Waals surface area (Å²) in [5.41, 5.74) is 9.70. The zero-order valence-electron chi connectivity index (χ0n) is 12.9. The third-order valence-corrected chi connectivity index (χ3v) is 4.08. The standard InChI is InChI=1S/C16H20ClN5O/c1-2-3-10-22-20-16(19-21-22)18-15(23)13-8-4-7-12-11(13)6-5-9-14(12)17/h4-9,16,19-21H,2-3,10H2,1H3,(H,18,23). The number of rotatable bonds is 5. The van der Waals surface area contributed by atoms with Crippen LogP contribution in [0.25, 0.3) is 10.8 Å². The molecule has 1 atom stereocenters. The van der Waals surface area contributed by atoms with E-state index in [2.05, 4.69) is 28.6 Å². The number of hydrazine groups is 3. The largest absolute Gasteiger partial charge is 0.322 e. The summed E-state index contributed by atoms with van der Waals surface area (Å²) < 4.78 is 0. The first-order chi connectivity index (χ1) is 11.2. The van der Waals surface area contributed by atoms with Gasteiger partial charge in [0.1, 0.15) is 0 Å². The summed E-state index contributed by atoms with van der Waals surface area (Å²) >= 11 is 6.20. The van der Waals surface area contributed by atoms with E-state index in [0.717, 1.165) is 30.2 Å². The lowest BCUT2D eigenvalue weighted by atomic mass is 10.0. The van der Waals surface area contributed by atoms with Gasteiger partial charge in [-0.15, -0.1) is 0 Å². The number of hydrogen-bond acceptors (Lipinski definition) is 5. The molecule has 4 N–H and O–H groups in total. The minimum atomic E-state index is -0.367. The second kappa shape index (κ2) is 7.25. The van der Waals surface area contributed by atoms with E-state index in [1.54, 1.807) is 6.07 Å². The van der Waals surface area contributed by atoms with Crippen molar-refractivity contribution in [3.05, 3.63) is 47.0 Å². The molecule has 0 aliphatic carbocycles. The first-order valence-electron chi connectivity index (χ1n) is 7.72. The number of halogens is 1. The number of benzene rings is 2. The number of carbonyl (C=O) groups excluding carboxylic acids is 1. The molecule has 1 fully saturated rings. The number of amides is 1.